The van der Waals surface area contributed by atoms with E-state index in [0.29, 0.717) is 56.1 Å². The summed E-state index contributed by atoms with van der Waals surface area (Å²) in [5.74, 6) is -0.0438. The fourth-order valence-electron chi connectivity index (χ4n) is 3.85. The lowest BCUT2D eigenvalue weighted by Crippen LogP contribution is -2.40. The highest BCUT2D eigenvalue weighted by atomic mass is 32.1. The number of anilines is 1. The third-order valence-electron chi connectivity index (χ3n) is 5.58. The first-order valence-electron chi connectivity index (χ1n) is 9.90. The molecule has 0 aliphatic carbocycles. The number of thiazole rings is 1. The summed E-state index contributed by atoms with van der Waals surface area (Å²) in [6.07, 6.45) is 2.04. The van der Waals surface area contributed by atoms with E-state index in [2.05, 4.69) is 10.3 Å². The van der Waals surface area contributed by atoms with Crippen LogP contribution in [0.25, 0.3) is 0 Å². The number of carbonyl (C=O) groups excluding carboxylic acids is 3. The molecule has 29 heavy (non-hydrogen) atoms. The molecule has 3 amide bonds. The topological polar surface area (TPSA) is 82.6 Å². The van der Waals surface area contributed by atoms with Crippen molar-refractivity contribution in [3.63, 3.8) is 0 Å². The maximum absolute atomic E-state index is 12.7. The van der Waals surface area contributed by atoms with E-state index in [0.717, 1.165) is 10.6 Å². The number of hydrogen-bond acceptors (Lipinski definition) is 5. The molecule has 1 fully saturated rings. The lowest BCUT2D eigenvalue weighted by atomic mass is 9.96. The molecular formula is C21H24N4O3S. The summed E-state index contributed by atoms with van der Waals surface area (Å²) >= 11 is 1.45. The van der Waals surface area contributed by atoms with Crippen LogP contribution in [0.4, 0.5) is 5.13 Å². The van der Waals surface area contributed by atoms with Crippen LogP contribution in [0.3, 0.4) is 0 Å². The van der Waals surface area contributed by atoms with Crippen LogP contribution >= 0.6 is 11.3 Å². The number of piperidine rings is 1. The largest absolute Gasteiger partial charge is 0.343 e. The lowest BCUT2D eigenvalue weighted by molar-refractivity contribution is -0.132. The molecule has 1 saturated heterocycles. The third-order valence-corrected chi connectivity index (χ3v) is 6.58. The summed E-state index contributed by atoms with van der Waals surface area (Å²) in [5.41, 5.74) is 1.65. The lowest BCUT2D eigenvalue weighted by Gasteiger charge is -2.30. The van der Waals surface area contributed by atoms with E-state index in [4.69, 9.17) is 0 Å². The minimum absolute atomic E-state index is 0.0208. The van der Waals surface area contributed by atoms with Gasteiger partial charge in [-0.15, -0.1) is 0 Å². The molecule has 3 heterocycles. The Bertz CT molecular complexity index is 919. The Labute approximate surface area is 173 Å². The van der Waals surface area contributed by atoms with Crippen LogP contribution in [0.2, 0.25) is 0 Å². The molecular weight excluding hydrogens is 388 g/mol. The molecule has 2 aromatic rings. The van der Waals surface area contributed by atoms with Crippen molar-refractivity contribution in [3.05, 3.63) is 46.5 Å². The molecule has 2 aliphatic rings. The summed E-state index contributed by atoms with van der Waals surface area (Å²) in [4.78, 5) is 45.9. The highest BCUT2D eigenvalue weighted by molar-refractivity contribution is 7.15. The van der Waals surface area contributed by atoms with Crippen LogP contribution < -0.4 is 5.32 Å². The maximum Gasteiger partial charge on any atom is 0.254 e. The number of carbonyl (C=O) groups is 3. The maximum atomic E-state index is 12.7. The standard InChI is InChI=1S/C21H24N4O3S/c1-14(26)24-10-7-15(8-11-24)19(27)23-21-22-17-9-12-25(13-18(17)29-21)20(28)16-5-3-2-4-6-16/h2-6,15H,7-13H2,1H3,(H,22,23,27). The number of rotatable bonds is 3. The molecule has 0 unspecified atom stereocenters. The molecule has 0 atom stereocenters. The van der Waals surface area contributed by atoms with Crippen LogP contribution in [0.1, 0.15) is 40.7 Å². The molecule has 152 valence electrons. The number of nitrogens with one attached hydrogen (secondary N) is 1. The number of aromatic nitrogens is 1. The second-order valence-corrected chi connectivity index (χ2v) is 8.58. The van der Waals surface area contributed by atoms with Gasteiger partial charge in [-0.05, 0) is 25.0 Å². The fraction of sp³-hybridized carbons (Fsp3) is 0.429. The molecule has 0 bridgehead atoms. The van der Waals surface area contributed by atoms with Crippen molar-refractivity contribution >= 4 is 34.2 Å². The summed E-state index contributed by atoms with van der Waals surface area (Å²) in [6.45, 7) is 3.96. The van der Waals surface area contributed by atoms with Crippen LogP contribution in [0, 0.1) is 5.92 Å². The molecule has 1 N–H and O–H groups in total. The highest BCUT2D eigenvalue weighted by Gasteiger charge is 2.28. The summed E-state index contributed by atoms with van der Waals surface area (Å²) in [6, 6.07) is 9.28. The van der Waals surface area contributed by atoms with Gasteiger partial charge in [-0.2, -0.15) is 0 Å². The summed E-state index contributed by atoms with van der Waals surface area (Å²) in [7, 11) is 0. The molecule has 1 aromatic carbocycles. The summed E-state index contributed by atoms with van der Waals surface area (Å²) < 4.78 is 0. The Morgan fingerprint density at radius 3 is 2.48 bits per heavy atom. The van der Waals surface area contributed by atoms with Gasteiger partial charge in [0.25, 0.3) is 5.91 Å². The fourth-order valence-corrected chi connectivity index (χ4v) is 4.88. The minimum Gasteiger partial charge on any atom is -0.343 e. The molecule has 0 radical (unpaired) electrons. The smallest absolute Gasteiger partial charge is 0.254 e. The number of hydrogen-bond donors (Lipinski definition) is 1. The van der Waals surface area contributed by atoms with E-state index >= 15 is 0 Å². The summed E-state index contributed by atoms with van der Waals surface area (Å²) in [5, 5.41) is 3.55. The van der Waals surface area contributed by atoms with Crippen LogP contribution in [0.5, 0.6) is 0 Å². The van der Waals surface area contributed by atoms with Gasteiger partial charge in [-0.1, -0.05) is 29.5 Å². The van der Waals surface area contributed by atoms with Gasteiger partial charge < -0.3 is 15.1 Å². The zero-order valence-corrected chi connectivity index (χ0v) is 17.2. The molecule has 0 saturated carbocycles. The van der Waals surface area contributed by atoms with E-state index in [-0.39, 0.29) is 23.6 Å². The quantitative estimate of drug-likeness (QED) is 0.840. The van der Waals surface area contributed by atoms with E-state index in [1.165, 1.54) is 11.3 Å². The van der Waals surface area contributed by atoms with Gasteiger partial charge in [-0.25, -0.2) is 4.98 Å². The van der Waals surface area contributed by atoms with Crippen molar-refractivity contribution in [3.8, 4) is 0 Å². The van der Waals surface area contributed by atoms with E-state index in [9.17, 15) is 14.4 Å². The van der Waals surface area contributed by atoms with Crippen LogP contribution in [-0.4, -0.2) is 52.1 Å². The first-order valence-corrected chi connectivity index (χ1v) is 10.7. The highest BCUT2D eigenvalue weighted by Crippen LogP contribution is 2.30. The minimum atomic E-state index is -0.0947. The van der Waals surface area contributed by atoms with E-state index in [1.54, 1.807) is 11.8 Å². The van der Waals surface area contributed by atoms with Gasteiger partial charge in [0.05, 0.1) is 12.2 Å². The van der Waals surface area contributed by atoms with Crippen molar-refractivity contribution < 1.29 is 14.4 Å². The zero-order valence-electron chi connectivity index (χ0n) is 16.4. The average Bonchev–Trinajstić information content (AvgIpc) is 3.15. The molecule has 1 aromatic heterocycles. The van der Waals surface area contributed by atoms with Crippen LogP contribution in [-0.2, 0) is 22.6 Å². The monoisotopic (exact) mass is 412 g/mol. The zero-order chi connectivity index (χ0) is 20.4. The number of amides is 3. The van der Waals surface area contributed by atoms with Gasteiger partial charge in [0.15, 0.2) is 5.13 Å². The van der Waals surface area contributed by atoms with Crippen molar-refractivity contribution in [1.29, 1.82) is 0 Å². The van der Waals surface area contributed by atoms with Crippen molar-refractivity contribution in [2.75, 3.05) is 25.0 Å². The Kier molecular flexibility index (Phi) is 5.62. The molecule has 7 nitrogen and oxygen atoms in total. The van der Waals surface area contributed by atoms with Gasteiger partial charge in [-0.3, -0.25) is 14.4 Å². The Hall–Kier alpha value is -2.74. The number of nitrogens with zero attached hydrogens (tertiary/aromatic N) is 3. The van der Waals surface area contributed by atoms with Crippen molar-refractivity contribution in [1.82, 2.24) is 14.8 Å². The second-order valence-electron chi connectivity index (χ2n) is 7.50. The predicted molar refractivity (Wildman–Crippen MR) is 111 cm³/mol. The average molecular weight is 413 g/mol. The number of fused-ring (bicyclic) bond motifs is 1. The van der Waals surface area contributed by atoms with Gasteiger partial charge in [0.1, 0.15) is 0 Å². The van der Waals surface area contributed by atoms with Gasteiger partial charge in [0, 0.05) is 49.3 Å². The number of likely N-dealkylation sites (tertiary alicyclic amines) is 1. The Morgan fingerprint density at radius 1 is 1.07 bits per heavy atom. The molecule has 4 rings (SSSR count). The molecule has 8 heteroatoms. The van der Waals surface area contributed by atoms with E-state index in [1.807, 2.05) is 35.2 Å². The third kappa shape index (κ3) is 4.32. The second kappa shape index (κ2) is 8.32. The number of benzene rings is 1. The van der Waals surface area contributed by atoms with Crippen LogP contribution in [0.15, 0.2) is 30.3 Å². The molecule has 2 aliphatic heterocycles. The van der Waals surface area contributed by atoms with Gasteiger partial charge >= 0.3 is 0 Å². The first-order chi connectivity index (χ1) is 14.0. The van der Waals surface area contributed by atoms with Crippen molar-refractivity contribution in [2.24, 2.45) is 5.92 Å². The molecule has 0 spiro atoms. The SMILES string of the molecule is CC(=O)N1CCC(C(=O)Nc2nc3c(s2)CN(C(=O)c2ccccc2)CC3)CC1. The normalized spacial score (nSPS) is 17.0. The Morgan fingerprint density at radius 2 is 1.79 bits per heavy atom. The first kappa shape index (κ1) is 19.6. The van der Waals surface area contributed by atoms with Crippen molar-refractivity contribution in [2.45, 2.75) is 32.7 Å². The predicted octanol–water partition coefficient (Wildman–Crippen LogP) is 2.54. The van der Waals surface area contributed by atoms with Gasteiger partial charge in [0.2, 0.25) is 11.8 Å². The Balaban J connectivity index is 1.37. The van der Waals surface area contributed by atoms with E-state index < -0.39 is 0 Å².